The summed E-state index contributed by atoms with van der Waals surface area (Å²) in [4.78, 5) is 38.3. The molecule has 0 spiro atoms. The topological polar surface area (TPSA) is 93.7 Å². The molecule has 7 heteroatoms. The summed E-state index contributed by atoms with van der Waals surface area (Å²) in [5.41, 5.74) is 2.68. The van der Waals surface area contributed by atoms with Gasteiger partial charge in [-0.1, -0.05) is 42.0 Å². The molecule has 7 nitrogen and oxygen atoms in total. The van der Waals surface area contributed by atoms with E-state index in [1.807, 2.05) is 43.3 Å². The first-order valence-electron chi connectivity index (χ1n) is 10.0. The molecule has 1 heterocycles. The second-order valence-electron chi connectivity index (χ2n) is 7.54. The molecule has 4 rings (SSSR count). The minimum atomic E-state index is -0.516. The molecule has 0 radical (unpaired) electrons. The second kappa shape index (κ2) is 8.85. The summed E-state index contributed by atoms with van der Waals surface area (Å²) in [6, 6.07) is 20.2. The minimum Gasteiger partial charge on any atom is -0.464 e. The number of nitrogens with zero attached hydrogens (tertiary/aromatic N) is 2. The van der Waals surface area contributed by atoms with Gasteiger partial charge in [0.15, 0.2) is 5.43 Å². The van der Waals surface area contributed by atoms with Gasteiger partial charge in [-0.3, -0.25) is 19.7 Å². The highest BCUT2D eigenvalue weighted by molar-refractivity contribution is 5.94. The van der Waals surface area contributed by atoms with E-state index < -0.39 is 4.92 Å². The minimum absolute atomic E-state index is 0.0386. The first-order valence-corrected chi connectivity index (χ1v) is 10.0. The van der Waals surface area contributed by atoms with E-state index in [2.05, 4.69) is 0 Å². The van der Waals surface area contributed by atoms with E-state index in [4.69, 9.17) is 4.42 Å². The van der Waals surface area contributed by atoms with Crippen LogP contribution in [0.1, 0.15) is 27.0 Å². The molecule has 3 aromatic carbocycles. The fourth-order valence-corrected chi connectivity index (χ4v) is 3.51. The number of amides is 1. The number of nitro benzene ring substituents is 1. The van der Waals surface area contributed by atoms with E-state index in [-0.39, 0.29) is 30.1 Å². The Hall–Kier alpha value is -4.26. The predicted octanol–water partition coefficient (Wildman–Crippen LogP) is 4.85. The fraction of sp³-hybridized carbons (Fsp3) is 0.120. The fourth-order valence-electron chi connectivity index (χ4n) is 3.51. The standard InChI is InChI=1S/C25H20N2O5/c1-17-7-12-23-22(13-17)24(28)20(16-32-23)15-26(14-18-5-3-2-4-6-18)25(29)19-8-10-21(11-9-19)27(30)31/h2-13,16H,14-15H2,1H3. The molecule has 0 aliphatic carbocycles. The largest absolute Gasteiger partial charge is 0.464 e. The van der Waals surface area contributed by atoms with Crippen molar-refractivity contribution in [3.05, 3.63) is 122 Å². The third kappa shape index (κ3) is 4.41. The number of rotatable bonds is 6. The smallest absolute Gasteiger partial charge is 0.269 e. The number of fused-ring (bicyclic) bond motifs is 1. The van der Waals surface area contributed by atoms with Crippen LogP contribution < -0.4 is 5.43 Å². The van der Waals surface area contributed by atoms with Gasteiger partial charge >= 0.3 is 0 Å². The lowest BCUT2D eigenvalue weighted by Crippen LogP contribution is -2.32. The summed E-state index contributed by atoms with van der Waals surface area (Å²) in [7, 11) is 0. The quantitative estimate of drug-likeness (QED) is 0.323. The Kier molecular flexibility index (Phi) is 5.81. The van der Waals surface area contributed by atoms with Crippen molar-refractivity contribution in [3.8, 4) is 0 Å². The van der Waals surface area contributed by atoms with Crippen LogP contribution in [-0.2, 0) is 13.1 Å². The summed E-state index contributed by atoms with van der Waals surface area (Å²) >= 11 is 0. The van der Waals surface area contributed by atoms with Crippen LogP contribution in [0.25, 0.3) is 11.0 Å². The number of nitro groups is 1. The third-order valence-corrected chi connectivity index (χ3v) is 5.19. The monoisotopic (exact) mass is 428 g/mol. The molecule has 0 bridgehead atoms. The first-order chi connectivity index (χ1) is 15.4. The third-order valence-electron chi connectivity index (χ3n) is 5.19. The van der Waals surface area contributed by atoms with Crippen molar-refractivity contribution in [2.24, 2.45) is 0 Å². The van der Waals surface area contributed by atoms with E-state index in [1.165, 1.54) is 35.4 Å². The van der Waals surface area contributed by atoms with E-state index in [0.29, 0.717) is 22.1 Å². The van der Waals surface area contributed by atoms with Crippen molar-refractivity contribution in [2.75, 3.05) is 0 Å². The van der Waals surface area contributed by atoms with Crippen LogP contribution in [0.3, 0.4) is 0 Å². The van der Waals surface area contributed by atoms with Crippen molar-refractivity contribution in [1.82, 2.24) is 4.90 Å². The number of hydrogen-bond donors (Lipinski definition) is 0. The normalized spacial score (nSPS) is 10.8. The Bertz CT molecular complexity index is 1340. The van der Waals surface area contributed by atoms with Crippen LogP contribution in [0.5, 0.6) is 0 Å². The Morgan fingerprint density at radius 2 is 1.72 bits per heavy atom. The van der Waals surface area contributed by atoms with Gasteiger partial charge in [-0.25, -0.2) is 0 Å². The molecule has 0 aliphatic heterocycles. The number of benzene rings is 3. The van der Waals surface area contributed by atoms with E-state index in [0.717, 1.165) is 11.1 Å². The van der Waals surface area contributed by atoms with Gasteiger partial charge in [0, 0.05) is 24.2 Å². The molecular formula is C25H20N2O5. The van der Waals surface area contributed by atoms with Crippen LogP contribution in [0.4, 0.5) is 5.69 Å². The second-order valence-corrected chi connectivity index (χ2v) is 7.54. The highest BCUT2D eigenvalue weighted by atomic mass is 16.6. The van der Waals surface area contributed by atoms with Crippen LogP contribution in [0.15, 0.2) is 88.3 Å². The SMILES string of the molecule is Cc1ccc2occ(CN(Cc3ccccc3)C(=O)c3ccc([N+](=O)[O-])cc3)c(=O)c2c1. The molecule has 1 aromatic heterocycles. The molecule has 0 saturated heterocycles. The van der Waals surface area contributed by atoms with Gasteiger partial charge in [0.2, 0.25) is 0 Å². The Morgan fingerprint density at radius 3 is 2.41 bits per heavy atom. The summed E-state index contributed by atoms with van der Waals surface area (Å²) in [5.74, 6) is -0.340. The van der Waals surface area contributed by atoms with Gasteiger partial charge in [0.25, 0.3) is 11.6 Å². The number of carbonyl (C=O) groups is 1. The number of carbonyl (C=O) groups excluding carboxylic acids is 1. The van der Waals surface area contributed by atoms with Crippen molar-refractivity contribution in [3.63, 3.8) is 0 Å². The lowest BCUT2D eigenvalue weighted by atomic mass is 10.1. The highest BCUT2D eigenvalue weighted by Crippen LogP contribution is 2.18. The average Bonchev–Trinajstić information content (AvgIpc) is 2.81. The predicted molar refractivity (Wildman–Crippen MR) is 120 cm³/mol. The van der Waals surface area contributed by atoms with Crippen molar-refractivity contribution < 1.29 is 14.1 Å². The zero-order valence-electron chi connectivity index (χ0n) is 17.4. The molecule has 4 aromatic rings. The zero-order chi connectivity index (χ0) is 22.7. The van der Waals surface area contributed by atoms with Crippen LogP contribution >= 0.6 is 0 Å². The van der Waals surface area contributed by atoms with Gasteiger partial charge in [-0.15, -0.1) is 0 Å². The lowest BCUT2D eigenvalue weighted by Gasteiger charge is -2.23. The number of aryl methyl sites for hydroxylation is 1. The van der Waals surface area contributed by atoms with Gasteiger partial charge in [-0.05, 0) is 36.8 Å². The van der Waals surface area contributed by atoms with Gasteiger partial charge in [0.05, 0.1) is 28.7 Å². The summed E-state index contributed by atoms with van der Waals surface area (Å²) in [5, 5.41) is 11.4. The first kappa shape index (κ1) is 21.0. The van der Waals surface area contributed by atoms with Crippen LogP contribution in [0, 0.1) is 17.0 Å². The molecule has 0 saturated carbocycles. The lowest BCUT2D eigenvalue weighted by molar-refractivity contribution is -0.384. The molecule has 0 aliphatic rings. The van der Waals surface area contributed by atoms with Crippen molar-refractivity contribution >= 4 is 22.6 Å². The van der Waals surface area contributed by atoms with Gasteiger partial charge < -0.3 is 9.32 Å². The average molecular weight is 428 g/mol. The molecule has 0 fully saturated rings. The molecule has 32 heavy (non-hydrogen) atoms. The van der Waals surface area contributed by atoms with Crippen LogP contribution in [0.2, 0.25) is 0 Å². The van der Waals surface area contributed by atoms with Crippen molar-refractivity contribution in [2.45, 2.75) is 20.0 Å². The van der Waals surface area contributed by atoms with E-state index in [9.17, 15) is 19.7 Å². The summed E-state index contributed by atoms with van der Waals surface area (Å²) in [6.07, 6.45) is 1.39. The maximum absolute atomic E-state index is 13.3. The summed E-state index contributed by atoms with van der Waals surface area (Å²) in [6.45, 7) is 2.20. The van der Waals surface area contributed by atoms with Gasteiger partial charge in [-0.2, -0.15) is 0 Å². The molecule has 0 atom stereocenters. The Balaban J connectivity index is 1.70. The Labute approximate surface area is 183 Å². The number of non-ortho nitro benzene ring substituents is 1. The maximum atomic E-state index is 13.3. The molecule has 160 valence electrons. The maximum Gasteiger partial charge on any atom is 0.269 e. The molecule has 1 amide bonds. The molecule has 0 N–H and O–H groups in total. The molecule has 0 unspecified atom stereocenters. The zero-order valence-corrected chi connectivity index (χ0v) is 17.4. The van der Waals surface area contributed by atoms with Gasteiger partial charge in [0.1, 0.15) is 5.58 Å². The van der Waals surface area contributed by atoms with Crippen LogP contribution in [-0.4, -0.2) is 15.7 Å². The molecular weight excluding hydrogens is 408 g/mol. The number of hydrogen-bond acceptors (Lipinski definition) is 5. The summed E-state index contributed by atoms with van der Waals surface area (Å²) < 4.78 is 5.64. The van der Waals surface area contributed by atoms with E-state index in [1.54, 1.807) is 12.1 Å². The Morgan fingerprint density at radius 1 is 1.00 bits per heavy atom. The van der Waals surface area contributed by atoms with Crippen molar-refractivity contribution in [1.29, 1.82) is 0 Å². The van der Waals surface area contributed by atoms with E-state index >= 15 is 0 Å². The highest BCUT2D eigenvalue weighted by Gasteiger charge is 2.20.